The average Bonchev–Trinajstić information content (AvgIpc) is 3.25. The van der Waals surface area contributed by atoms with Gasteiger partial charge in [0.05, 0.1) is 7.11 Å². The van der Waals surface area contributed by atoms with Gasteiger partial charge in [-0.05, 0) is 30.3 Å². The minimum Gasteiger partial charge on any atom is -0.497 e. The van der Waals surface area contributed by atoms with E-state index in [4.69, 9.17) is 4.74 Å². The Labute approximate surface area is 156 Å². The summed E-state index contributed by atoms with van der Waals surface area (Å²) in [7, 11) is 1.67. The number of hydrogen-bond acceptors (Lipinski definition) is 4. The van der Waals surface area contributed by atoms with Crippen molar-refractivity contribution in [2.75, 3.05) is 7.11 Å². The molecule has 0 saturated carbocycles. The molecular formula is C20H20N4OS. The topological polar surface area (TPSA) is 55.7 Å². The van der Waals surface area contributed by atoms with E-state index in [1.807, 2.05) is 42.6 Å². The third-order valence-corrected chi connectivity index (χ3v) is 5.08. The molecule has 4 aromatic rings. The number of ether oxygens (including phenoxy) is 1. The van der Waals surface area contributed by atoms with E-state index in [0.717, 1.165) is 38.9 Å². The molecule has 0 aliphatic rings. The maximum absolute atomic E-state index is 5.29. The highest BCUT2D eigenvalue weighted by atomic mass is 32.2. The van der Waals surface area contributed by atoms with Crippen LogP contribution in [0.3, 0.4) is 0 Å². The number of rotatable bonds is 5. The van der Waals surface area contributed by atoms with E-state index in [1.165, 1.54) is 0 Å². The van der Waals surface area contributed by atoms with Crippen LogP contribution in [0.25, 0.3) is 28.0 Å². The van der Waals surface area contributed by atoms with E-state index in [1.54, 1.807) is 18.9 Å². The summed E-state index contributed by atoms with van der Waals surface area (Å²) in [6.45, 7) is 4.31. The lowest BCUT2D eigenvalue weighted by atomic mass is 10.1. The lowest BCUT2D eigenvalue weighted by molar-refractivity contribution is 0.414. The van der Waals surface area contributed by atoms with Crippen molar-refractivity contribution in [2.45, 2.75) is 24.3 Å². The molecule has 0 aliphatic carbocycles. The minimum atomic E-state index is 0.409. The lowest BCUT2D eigenvalue weighted by Crippen LogP contribution is -2.01. The van der Waals surface area contributed by atoms with Crippen molar-refractivity contribution in [3.63, 3.8) is 0 Å². The summed E-state index contributed by atoms with van der Waals surface area (Å²) in [5.41, 5.74) is 3.14. The average molecular weight is 364 g/mol. The predicted octanol–water partition coefficient (Wildman–Crippen LogP) is 4.92. The molecule has 0 radical (unpaired) electrons. The Kier molecular flexibility index (Phi) is 4.42. The zero-order valence-corrected chi connectivity index (χ0v) is 15.7. The largest absolute Gasteiger partial charge is 0.497 e. The fraction of sp³-hybridized carbons (Fsp3) is 0.200. The van der Waals surface area contributed by atoms with Gasteiger partial charge in [-0.15, -0.1) is 10.2 Å². The normalized spacial score (nSPS) is 11.4. The Morgan fingerprint density at radius 3 is 2.54 bits per heavy atom. The number of para-hydroxylation sites is 1. The smallest absolute Gasteiger partial charge is 0.196 e. The number of aromatic amines is 1. The SMILES string of the molecule is COc1ccc(-n2c(SC(C)C)nnc2-c2c[nH]c3ccccc23)cc1. The first-order valence-electron chi connectivity index (χ1n) is 8.50. The number of thioether (sulfide) groups is 1. The Hall–Kier alpha value is -2.73. The van der Waals surface area contributed by atoms with Gasteiger partial charge in [-0.3, -0.25) is 4.57 Å². The third-order valence-electron chi connectivity index (χ3n) is 4.14. The molecule has 0 unspecified atom stereocenters. The van der Waals surface area contributed by atoms with Crippen molar-refractivity contribution in [1.82, 2.24) is 19.7 Å². The van der Waals surface area contributed by atoms with Crippen molar-refractivity contribution in [3.8, 4) is 22.8 Å². The summed E-state index contributed by atoms with van der Waals surface area (Å²) >= 11 is 1.70. The first kappa shape index (κ1) is 16.7. The van der Waals surface area contributed by atoms with Crippen LogP contribution < -0.4 is 4.74 Å². The van der Waals surface area contributed by atoms with Gasteiger partial charge in [0, 0.05) is 33.6 Å². The van der Waals surface area contributed by atoms with E-state index in [9.17, 15) is 0 Å². The van der Waals surface area contributed by atoms with E-state index in [2.05, 4.69) is 45.7 Å². The van der Waals surface area contributed by atoms with Crippen LogP contribution in [0.15, 0.2) is 59.9 Å². The van der Waals surface area contributed by atoms with Crippen LogP contribution in [0.4, 0.5) is 0 Å². The summed E-state index contributed by atoms with van der Waals surface area (Å²) in [6.07, 6.45) is 2.00. The maximum Gasteiger partial charge on any atom is 0.196 e. The molecular weight excluding hydrogens is 344 g/mol. The molecule has 0 atom stereocenters. The van der Waals surface area contributed by atoms with Gasteiger partial charge >= 0.3 is 0 Å². The van der Waals surface area contributed by atoms with Crippen molar-refractivity contribution < 1.29 is 4.74 Å². The van der Waals surface area contributed by atoms with Crippen LogP contribution in [-0.4, -0.2) is 32.1 Å². The van der Waals surface area contributed by atoms with Crippen molar-refractivity contribution in [3.05, 3.63) is 54.7 Å². The van der Waals surface area contributed by atoms with Gasteiger partial charge in [-0.1, -0.05) is 43.8 Å². The number of fused-ring (bicyclic) bond motifs is 1. The number of hydrogen-bond donors (Lipinski definition) is 1. The Bertz CT molecular complexity index is 1030. The molecule has 0 bridgehead atoms. The van der Waals surface area contributed by atoms with Crippen LogP contribution in [0.2, 0.25) is 0 Å². The van der Waals surface area contributed by atoms with Crippen LogP contribution in [0.1, 0.15) is 13.8 Å². The van der Waals surface area contributed by atoms with Crippen molar-refractivity contribution in [1.29, 1.82) is 0 Å². The Morgan fingerprint density at radius 1 is 1.04 bits per heavy atom. The van der Waals surface area contributed by atoms with Gasteiger partial charge in [0.25, 0.3) is 0 Å². The molecule has 0 fully saturated rings. The summed E-state index contributed by atoms with van der Waals surface area (Å²) in [6, 6.07) is 16.2. The van der Waals surface area contributed by atoms with Gasteiger partial charge in [0.1, 0.15) is 5.75 Å². The number of aromatic nitrogens is 4. The minimum absolute atomic E-state index is 0.409. The number of benzene rings is 2. The molecule has 6 heteroatoms. The first-order chi connectivity index (χ1) is 12.7. The number of nitrogens with zero attached hydrogens (tertiary/aromatic N) is 3. The zero-order valence-electron chi connectivity index (χ0n) is 14.9. The van der Waals surface area contributed by atoms with Crippen LogP contribution in [-0.2, 0) is 0 Å². The number of nitrogens with one attached hydrogen (secondary N) is 1. The molecule has 26 heavy (non-hydrogen) atoms. The Balaban J connectivity index is 1.90. The highest BCUT2D eigenvalue weighted by molar-refractivity contribution is 7.99. The molecule has 0 spiro atoms. The van der Waals surface area contributed by atoms with Crippen LogP contribution in [0.5, 0.6) is 5.75 Å². The standard InChI is InChI=1S/C20H20N4OS/c1-13(2)26-20-23-22-19(17-12-21-18-7-5-4-6-16(17)18)24(20)14-8-10-15(25-3)11-9-14/h4-13,21H,1-3H3. The first-order valence-corrected chi connectivity index (χ1v) is 9.38. The highest BCUT2D eigenvalue weighted by Gasteiger charge is 2.19. The molecule has 2 aromatic heterocycles. The quantitative estimate of drug-likeness (QED) is 0.511. The van der Waals surface area contributed by atoms with Gasteiger partial charge in [-0.2, -0.15) is 0 Å². The monoisotopic (exact) mass is 364 g/mol. The molecule has 2 heterocycles. The predicted molar refractivity (Wildman–Crippen MR) is 106 cm³/mol. The second kappa shape index (κ2) is 6.88. The summed E-state index contributed by atoms with van der Waals surface area (Å²) in [5.74, 6) is 1.66. The van der Waals surface area contributed by atoms with E-state index in [-0.39, 0.29) is 0 Å². The Morgan fingerprint density at radius 2 is 1.81 bits per heavy atom. The molecule has 4 rings (SSSR count). The zero-order chi connectivity index (χ0) is 18.1. The second-order valence-electron chi connectivity index (χ2n) is 6.25. The van der Waals surface area contributed by atoms with E-state index >= 15 is 0 Å². The molecule has 2 aromatic carbocycles. The van der Waals surface area contributed by atoms with Crippen LogP contribution in [0, 0.1) is 0 Å². The summed E-state index contributed by atoms with van der Waals surface area (Å²) in [4.78, 5) is 3.33. The van der Waals surface area contributed by atoms with E-state index < -0.39 is 0 Å². The summed E-state index contributed by atoms with van der Waals surface area (Å²) < 4.78 is 7.40. The van der Waals surface area contributed by atoms with Crippen LogP contribution >= 0.6 is 11.8 Å². The van der Waals surface area contributed by atoms with Gasteiger partial charge in [0.2, 0.25) is 0 Å². The van der Waals surface area contributed by atoms with E-state index in [0.29, 0.717) is 5.25 Å². The number of methoxy groups -OCH3 is 1. The maximum atomic E-state index is 5.29. The number of H-pyrrole nitrogens is 1. The fourth-order valence-corrected chi connectivity index (χ4v) is 3.76. The second-order valence-corrected chi connectivity index (χ2v) is 7.80. The van der Waals surface area contributed by atoms with Gasteiger partial charge < -0.3 is 9.72 Å². The molecule has 0 amide bonds. The molecule has 5 nitrogen and oxygen atoms in total. The fourth-order valence-electron chi connectivity index (χ4n) is 2.95. The molecule has 1 N–H and O–H groups in total. The van der Waals surface area contributed by atoms with Gasteiger partial charge in [-0.25, -0.2) is 0 Å². The highest BCUT2D eigenvalue weighted by Crippen LogP contribution is 2.33. The molecule has 132 valence electrons. The summed E-state index contributed by atoms with van der Waals surface area (Å²) in [5, 5.41) is 11.4. The van der Waals surface area contributed by atoms with Crippen molar-refractivity contribution >= 4 is 22.7 Å². The van der Waals surface area contributed by atoms with Gasteiger partial charge in [0.15, 0.2) is 11.0 Å². The van der Waals surface area contributed by atoms with Crippen molar-refractivity contribution in [2.24, 2.45) is 0 Å². The molecule has 0 aliphatic heterocycles. The lowest BCUT2D eigenvalue weighted by Gasteiger charge is -2.11. The molecule has 0 saturated heterocycles. The third kappa shape index (κ3) is 2.97.